The number of benzene rings is 1. The van der Waals surface area contributed by atoms with Gasteiger partial charge in [-0.15, -0.1) is 0 Å². The highest BCUT2D eigenvalue weighted by Crippen LogP contribution is 2.73. The first-order valence-electron chi connectivity index (χ1n) is 6.70. The number of hydrogen-bond donors (Lipinski definition) is 0. The molecule has 1 nitrogen and oxygen atoms in total. The lowest BCUT2D eigenvalue weighted by Gasteiger charge is -2.71. The molecule has 0 atom stereocenters. The minimum absolute atomic E-state index is 0.457. The molecule has 90 valence electrons. The normalized spacial score (nSPS) is 32.5. The first kappa shape index (κ1) is 10.3. The number of nitrogens with zero attached hydrogens (tertiary/aromatic N) is 1. The quantitative estimate of drug-likeness (QED) is 0.772. The fraction of sp³-hybridized carbons (Fsp3) is 0.353. The number of aromatic nitrogens is 1. The molecule has 0 aliphatic heterocycles. The van der Waals surface area contributed by atoms with Crippen LogP contribution in [0.25, 0.3) is 0 Å². The van der Waals surface area contributed by atoms with Gasteiger partial charge in [0.25, 0.3) is 0 Å². The molecule has 0 spiro atoms. The lowest BCUT2D eigenvalue weighted by Crippen LogP contribution is -2.67. The highest BCUT2D eigenvalue weighted by atomic mass is 14.7. The Morgan fingerprint density at radius 3 is 2.17 bits per heavy atom. The Labute approximate surface area is 108 Å². The van der Waals surface area contributed by atoms with Gasteiger partial charge in [0.2, 0.25) is 0 Å². The molecule has 0 saturated heterocycles. The molecule has 18 heavy (non-hydrogen) atoms. The molecule has 3 saturated carbocycles. The second kappa shape index (κ2) is 3.23. The Bertz CT molecular complexity index is 563. The lowest BCUT2D eigenvalue weighted by molar-refractivity contribution is -0.0695. The second-order valence-electron chi connectivity index (χ2n) is 6.20. The van der Waals surface area contributed by atoms with E-state index in [1.807, 2.05) is 6.20 Å². The van der Waals surface area contributed by atoms with E-state index in [0.717, 1.165) is 0 Å². The Hall–Kier alpha value is -1.63. The van der Waals surface area contributed by atoms with E-state index in [1.165, 1.54) is 30.4 Å². The Kier molecular flexibility index (Phi) is 1.85. The van der Waals surface area contributed by atoms with Crippen molar-refractivity contribution >= 4 is 0 Å². The summed E-state index contributed by atoms with van der Waals surface area (Å²) < 4.78 is 0. The zero-order chi connectivity index (χ0) is 12.2. The van der Waals surface area contributed by atoms with Gasteiger partial charge in [0, 0.05) is 12.4 Å². The van der Waals surface area contributed by atoms with Crippen molar-refractivity contribution in [2.45, 2.75) is 37.0 Å². The monoisotopic (exact) mass is 235 g/mol. The summed E-state index contributed by atoms with van der Waals surface area (Å²) in [5.41, 5.74) is 5.29. The molecule has 0 radical (unpaired) electrons. The summed E-state index contributed by atoms with van der Waals surface area (Å²) in [6.45, 7) is 2.16. The minimum Gasteiger partial charge on any atom is -0.264 e. The van der Waals surface area contributed by atoms with Crippen molar-refractivity contribution < 1.29 is 0 Å². The molecule has 2 aromatic rings. The summed E-state index contributed by atoms with van der Waals surface area (Å²) in [5, 5.41) is 0. The zero-order valence-corrected chi connectivity index (χ0v) is 10.7. The summed E-state index contributed by atoms with van der Waals surface area (Å²) in [5.74, 6) is 0. The van der Waals surface area contributed by atoms with Gasteiger partial charge in [0.15, 0.2) is 0 Å². The molecular formula is C17H17N. The molecule has 0 N–H and O–H groups in total. The molecular weight excluding hydrogens is 218 g/mol. The molecule has 1 heteroatoms. The molecule has 5 rings (SSSR count). The van der Waals surface area contributed by atoms with Gasteiger partial charge in [-0.1, -0.05) is 35.9 Å². The summed E-state index contributed by atoms with van der Waals surface area (Å²) in [6, 6.07) is 13.4. The predicted octanol–water partition coefficient (Wildman–Crippen LogP) is 3.76. The van der Waals surface area contributed by atoms with Crippen molar-refractivity contribution in [3.8, 4) is 0 Å². The smallest absolute Gasteiger partial charge is 0.0305 e. The molecule has 1 heterocycles. The van der Waals surface area contributed by atoms with Crippen molar-refractivity contribution in [1.82, 2.24) is 4.98 Å². The second-order valence-corrected chi connectivity index (χ2v) is 6.20. The first-order valence-corrected chi connectivity index (χ1v) is 6.70. The van der Waals surface area contributed by atoms with Gasteiger partial charge in [-0.25, -0.2) is 0 Å². The number of pyridine rings is 1. The molecule has 0 unspecified atom stereocenters. The molecule has 2 bridgehead atoms. The summed E-state index contributed by atoms with van der Waals surface area (Å²) in [4.78, 5) is 4.26. The minimum atomic E-state index is 0.457. The molecule has 3 fully saturated rings. The van der Waals surface area contributed by atoms with Crippen LogP contribution in [0.3, 0.4) is 0 Å². The average molecular weight is 235 g/mol. The van der Waals surface area contributed by atoms with Crippen molar-refractivity contribution in [1.29, 1.82) is 0 Å². The van der Waals surface area contributed by atoms with Gasteiger partial charge in [0.05, 0.1) is 0 Å². The third kappa shape index (κ3) is 1.19. The third-order valence-electron chi connectivity index (χ3n) is 4.97. The van der Waals surface area contributed by atoms with E-state index in [2.05, 4.69) is 54.5 Å². The van der Waals surface area contributed by atoms with Gasteiger partial charge in [-0.2, -0.15) is 0 Å². The molecule has 0 amide bonds. The van der Waals surface area contributed by atoms with Crippen LogP contribution in [-0.2, 0) is 10.8 Å². The number of aryl methyl sites for hydroxylation is 1. The van der Waals surface area contributed by atoms with Gasteiger partial charge < -0.3 is 0 Å². The average Bonchev–Trinajstić information content (AvgIpc) is 2.30. The highest BCUT2D eigenvalue weighted by molar-refractivity contribution is 5.47. The predicted molar refractivity (Wildman–Crippen MR) is 72.6 cm³/mol. The number of hydrogen-bond acceptors (Lipinski definition) is 1. The van der Waals surface area contributed by atoms with E-state index >= 15 is 0 Å². The summed E-state index contributed by atoms with van der Waals surface area (Å²) >= 11 is 0. The zero-order valence-electron chi connectivity index (χ0n) is 10.7. The van der Waals surface area contributed by atoms with Gasteiger partial charge in [-0.3, -0.25) is 4.98 Å². The maximum atomic E-state index is 4.26. The first-order chi connectivity index (χ1) is 8.73. The largest absolute Gasteiger partial charge is 0.264 e. The van der Waals surface area contributed by atoms with Crippen LogP contribution in [0.4, 0.5) is 0 Å². The van der Waals surface area contributed by atoms with Crippen LogP contribution in [0.1, 0.15) is 36.0 Å². The van der Waals surface area contributed by atoms with Gasteiger partial charge >= 0.3 is 0 Å². The van der Waals surface area contributed by atoms with Crippen molar-refractivity contribution in [3.63, 3.8) is 0 Å². The maximum absolute atomic E-state index is 4.26. The fourth-order valence-corrected chi connectivity index (χ4v) is 3.98. The highest BCUT2D eigenvalue weighted by Gasteiger charge is 2.68. The maximum Gasteiger partial charge on any atom is 0.0305 e. The van der Waals surface area contributed by atoms with E-state index in [0.29, 0.717) is 10.8 Å². The van der Waals surface area contributed by atoms with E-state index in [-0.39, 0.29) is 0 Å². The van der Waals surface area contributed by atoms with E-state index in [4.69, 9.17) is 0 Å². The van der Waals surface area contributed by atoms with E-state index in [9.17, 15) is 0 Å². The Morgan fingerprint density at radius 1 is 0.889 bits per heavy atom. The van der Waals surface area contributed by atoms with Crippen molar-refractivity contribution in [2.75, 3.05) is 0 Å². The summed E-state index contributed by atoms with van der Waals surface area (Å²) in [6.07, 6.45) is 7.86. The van der Waals surface area contributed by atoms with Crippen LogP contribution in [0.15, 0.2) is 48.8 Å². The van der Waals surface area contributed by atoms with Crippen LogP contribution in [0.5, 0.6) is 0 Å². The SMILES string of the molecule is Cc1ccc(C23CC(c4cccnc4)(C2)C3)cc1. The van der Waals surface area contributed by atoms with Crippen molar-refractivity contribution in [2.24, 2.45) is 0 Å². The van der Waals surface area contributed by atoms with Crippen LogP contribution in [0.2, 0.25) is 0 Å². The summed E-state index contributed by atoms with van der Waals surface area (Å²) in [7, 11) is 0. The van der Waals surface area contributed by atoms with Gasteiger partial charge in [-0.05, 0) is 54.2 Å². The topological polar surface area (TPSA) is 12.9 Å². The lowest BCUT2D eigenvalue weighted by atomic mass is 9.32. The van der Waals surface area contributed by atoms with Crippen LogP contribution < -0.4 is 0 Å². The van der Waals surface area contributed by atoms with Crippen LogP contribution >= 0.6 is 0 Å². The molecule has 3 aliphatic carbocycles. The molecule has 3 aliphatic rings. The van der Waals surface area contributed by atoms with E-state index < -0.39 is 0 Å². The molecule has 1 aromatic heterocycles. The third-order valence-corrected chi connectivity index (χ3v) is 4.97. The van der Waals surface area contributed by atoms with Crippen molar-refractivity contribution in [3.05, 3.63) is 65.5 Å². The molecule has 1 aromatic carbocycles. The van der Waals surface area contributed by atoms with E-state index in [1.54, 1.807) is 5.56 Å². The Balaban J connectivity index is 1.59. The van der Waals surface area contributed by atoms with Crippen LogP contribution in [0, 0.1) is 6.92 Å². The van der Waals surface area contributed by atoms with Gasteiger partial charge in [0.1, 0.15) is 0 Å². The fourth-order valence-electron chi connectivity index (χ4n) is 3.98. The number of rotatable bonds is 2. The van der Waals surface area contributed by atoms with Crippen LogP contribution in [-0.4, -0.2) is 4.98 Å². The Morgan fingerprint density at radius 2 is 1.56 bits per heavy atom. The standard InChI is InChI=1S/C17H17N/c1-13-4-6-14(7-5-13)16-10-17(11-16,12-16)15-3-2-8-18-9-15/h2-9H,10-12H2,1H3.